The predicted molar refractivity (Wildman–Crippen MR) is 61.9 cm³/mol. The summed E-state index contributed by atoms with van der Waals surface area (Å²) in [5.41, 5.74) is 0. The summed E-state index contributed by atoms with van der Waals surface area (Å²) < 4.78 is 0. The molecule has 1 aliphatic rings. The van der Waals surface area contributed by atoms with Gasteiger partial charge in [-0.1, -0.05) is 6.42 Å². The highest BCUT2D eigenvalue weighted by molar-refractivity contribution is 7.09. The van der Waals surface area contributed by atoms with Crippen LogP contribution in [0.5, 0.6) is 0 Å². The number of aliphatic hydroxyl groups is 1. The van der Waals surface area contributed by atoms with Crippen molar-refractivity contribution in [2.24, 2.45) is 0 Å². The third-order valence-corrected chi connectivity index (χ3v) is 3.80. The van der Waals surface area contributed by atoms with E-state index in [1.165, 1.54) is 24.3 Å². The summed E-state index contributed by atoms with van der Waals surface area (Å²) in [7, 11) is 0. The monoisotopic (exact) mass is 226 g/mol. The molecule has 0 aliphatic carbocycles. The van der Waals surface area contributed by atoms with Gasteiger partial charge in [-0.2, -0.15) is 0 Å². The zero-order chi connectivity index (χ0) is 10.5. The van der Waals surface area contributed by atoms with Crippen LogP contribution >= 0.6 is 11.3 Å². The molecule has 0 spiro atoms. The molecule has 0 bridgehead atoms. The summed E-state index contributed by atoms with van der Waals surface area (Å²) in [5, 5.41) is 12.2. The number of hydrogen-bond acceptors (Lipinski definition) is 4. The van der Waals surface area contributed by atoms with E-state index in [9.17, 15) is 0 Å². The molecule has 0 aromatic carbocycles. The molecule has 3 nitrogen and oxygen atoms in total. The zero-order valence-electron chi connectivity index (χ0n) is 8.93. The lowest BCUT2D eigenvalue weighted by atomic mass is 10.00. The summed E-state index contributed by atoms with van der Waals surface area (Å²) in [6, 6.07) is 0.563. The van der Waals surface area contributed by atoms with E-state index in [1.807, 2.05) is 11.6 Å². The van der Waals surface area contributed by atoms with E-state index in [-0.39, 0.29) is 0 Å². The van der Waals surface area contributed by atoms with Crippen molar-refractivity contribution >= 4 is 11.3 Å². The Bertz CT molecular complexity index is 274. The zero-order valence-corrected chi connectivity index (χ0v) is 9.75. The van der Waals surface area contributed by atoms with Crippen molar-refractivity contribution < 1.29 is 5.11 Å². The summed E-state index contributed by atoms with van der Waals surface area (Å²) in [4.78, 5) is 6.79. The van der Waals surface area contributed by atoms with E-state index in [0.717, 1.165) is 19.5 Å². The SMILES string of the molecule is OCCC1CCCCN1Cc1nccs1. The van der Waals surface area contributed by atoms with E-state index >= 15 is 0 Å². The second-order valence-corrected chi connectivity index (χ2v) is 5.04. The molecular formula is C11H18N2OS. The third-order valence-electron chi connectivity index (χ3n) is 3.03. The van der Waals surface area contributed by atoms with Crippen LogP contribution in [0.15, 0.2) is 11.6 Å². The highest BCUT2D eigenvalue weighted by Crippen LogP contribution is 2.22. The van der Waals surface area contributed by atoms with Gasteiger partial charge >= 0.3 is 0 Å². The maximum atomic E-state index is 9.02. The maximum absolute atomic E-state index is 9.02. The van der Waals surface area contributed by atoms with Gasteiger partial charge in [-0.25, -0.2) is 4.98 Å². The van der Waals surface area contributed by atoms with E-state index in [2.05, 4.69) is 9.88 Å². The molecule has 0 amide bonds. The standard InChI is InChI=1S/C11H18N2OS/c14-7-4-10-3-1-2-6-13(10)9-11-12-5-8-15-11/h5,8,10,14H,1-4,6-7,9H2. The van der Waals surface area contributed by atoms with E-state index in [4.69, 9.17) is 5.11 Å². The third kappa shape index (κ3) is 3.00. The van der Waals surface area contributed by atoms with Gasteiger partial charge < -0.3 is 5.11 Å². The molecule has 4 heteroatoms. The number of nitrogens with zero attached hydrogens (tertiary/aromatic N) is 2. The maximum Gasteiger partial charge on any atom is 0.107 e. The van der Waals surface area contributed by atoms with Crippen LogP contribution in [0.1, 0.15) is 30.7 Å². The molecule has 2 rings (SSSR count). The molecule has 2 heterocycles. The second-order valence-electron chi connectivity index (χ2n) is 4.06. The quantitative estimate of drug-likeness (QED) is 0.851. The highest BCUT2D eigenvalue weighted by Gasteiger charge is 2.22. The largest absolute Gasteiger partial charge is 0.396 e. The fourth-order valence-electron chi connectivity index (χ4n) is 2.25. The van der Waals surface area contributed by atoms with Gasteiger partial charge in [0.05, 0.1) is 6.54 Å². The van der Waals surface area contributed by atoms with Crippen LogP contribution in [0, 0.1) is 0 Å². The molecule has 1 aromatic rings. The first-order valence-electron chi connectivity index (χ1n) is 5.63. The topological polar surface area (TPSA) is 36.4 Å². The number of rotatable bonds is 4. The second kappa shape index (κ2) is 5.58. The van der Waals surface area contributed by atoms with Gasteiger partial charge in [0.1, 0.15) is 5.01 Å². The van der Waals surface area contributed by atoms with Crippen molar-refractivity contribution in [2.75, 3.05) is 13.2 Å². The molecule has 1 atom stereocenters. The molecule has 1 aromatic heterocycles. The van der Waals surface area contributed by atoms with Crippen molar-refractivity contribution in [2.45, 2.75) is 38.3 Å². The lowest BCUT2D eigenvalue weighted by Gasteiger charge is -2.34. The normalized spacial score (nSPS) is 23.1. The van der Waals surface area contributed by atoms with Crippen LogP contribution in [0.2, 0.25) is 0 Å². The first-order chi connectivity index (χ1) is 7.40. The lowest BCUT2D eigenvalue weighted by molar-refractivity contribution is 0.112. The van der Waals surface area contributed by atoms with E-state index < -0.39 is 0 Å². The fraction of sp³-hybridized carbons (Fsp3) is 0.727. The molecule has 0 saturated carbocycles. The predicted octanol–water partition coefficient (Wildman–Crippen LogP) is 1.88. The van der Waals surface area contributed by atoms with Crippen molar-refractivity contribution in [3.8, 4) is 0 Å². The summed E-state index contributed by atoms with van der Waals surface area (Å²) in [6.45, 7) is 2.42. The van der Waals surface area contributed by atoms with Crippen LogP contribution in [-0.4, -0.2) is 34.2 Å². The van der Waals surface area contributed by atoms with Gasteiger partial charge in [0.25, 0.3) is 0 Å². The Labute approximate surface area is 94.8 Å². The first-order valence-corrected chi connectivity index (χ1v) is 6.51. The summed E-state index contributed by atoms with van der Waals surface area (Å²) >= 11 is 1.72. The molecule has 1 saturated heterocycles. The van der Waals surface area contributed by atoms with Gasteiger partial charge in [-0.05, 0) is 25.8 Å². The smallest absolute Gasteiger partial charge is 0.107 e. The average molecular weight is 226 g/mol. The van der Waals surface area contributed by atoms with Crippen molar-refractivity contribution in [3.05, 3.63) is 16.6 Å². The number of aliphatic hydroxyl groups excluding tert-OH is 1. The van der Waals surface area contributed by atoms with Crippen LogP contribution in [0.3, 0.4) is 0 Å². The van der Waals surface area contributed by atoms with Crippen LogP contribution < -0.4 is 0 Å². The van der Waals surface area contributed by atoms with E-state index in [1.54, 1.807) is 11.3 Å². The summed E-state index contributed by atoms with van der Waals surface area (Å²) in [6.07, 6.45) is 6.59. The highest BCUT2D eigenvalue weighted by atomic mass is 32.1. The van der Waals surface area contributed by atoms with Crippen molar-refractivity contribution in [1.29, 1.82) is 0 Å². The van der Waals surface area contributed by atoms with E-state index in [0.29, 0.717) is 12.6 Å². The number of thiazole rings is 1. The van der Waals surface area contributed by atoms with Gasteiger partial charge in [0.2, 0.25) is 0 Å². The first kappa shape index (κ1) is 11.0. The van der Waals surface area contributed by atoms with Crippen molar-refractivity contribution in [3.63, 3.8) is 0 Å². The average Bonchev–Trinajstić information content (AvgIpc) is 2.74. The Balaban J connectivity index is 1.92. The molecule has 1 fully saturated rings. The molecule has 1 aliphatic heterocycles. The Morgan fingerprint density at radius 3 is 3.20 bits per heavy atom. The Morgan fingerprint density at radius 2 is 2.47 bits per heavy atom. The molecular weight excluding hydrogens is 208 g/mol. The van der Waals surface area contributed by atoms with Crippen LogP contribution in [0.25, 0.3) is 0 Å². The van der Waals surface area contributed by atoms with Gasteiger partial charge in [0.15, 0.2) is 0 Å². The number of likely N-dealkylation sites (tertiary alicyclic amines) is 1. The molecule has 1 N–H and O–H groups in total. The van der Waals surface area contributed by atoms with Gasteiger partial charge in [-0.15, -0.1) is 11.3 Å². The molecule has 1 unspecified atom stereocenters. The Hall–Kier alpha value is -0.450. The number of piperidine rings is 1. The summed E-state index contributed by atoms with van der Waals surface area (Å²) in [5.74, 6) is 0. The van der Waals surface area contributed by atoms with Crippen LogP contribution in [0.4, 0.5) is 0 Å². The molecule has 15 heavy (non-hydrogen) atoms. The van der Waals surface area contributed by atoms with Crippen molar-refractivity contribution in [1.82, 2.24) is 9.88 Å². The molecule has 84 valence electrons. The minimum absolute atomic E-state index is 0.305. The van der Waals surface area contributed by atoms with Gasteiger partial charge in [-0.3, -0.25) is 4.90 Å². The number of aromatic nitrogens is 1. The minimum Gasteiger partial charge on any atom is -0.396 e. The lowest BCUT2D eigenvalue weighted by Crippen LogP contribution is -2.39. The fourth-order valence-corrected chi connectivity index (χ4v) is 2.89. The minimum atomic E-state index is 0.305. The van der Waals surface area contributed by atoms with Gasteiger partial charge in [0, 0.05) is 24.2 Å². The number of hydrogen-bond donors (Lipinski definition) is 1. The molecule has 0 radical (unpaired) electrons. The van der Waals surface area contributed by atoms with Crippen LogP contribution in [-0.2, 0) is 6.54 Å². The Kier molecular flexibility index (Phi) is 4.11. The Morgan fingerprint density at radius 1 is 1.53 bits per heavy atom.